The quantitative estimate of drug-likeness (QED) is 0.514. The van der Waals surface area contributed by atoms with Gasteiger partial charge in [0, 0.05) is 13.2 Å². The van der Waals surface area contributed by atoms with Crippen LogP contribution in [0.25, 0.3) is 0 Å². The van der Waals surface area contributed by atoms with Crippen LogP contribution in [0.2, 0.25) is 0 Å². The average Bonchev–Trinajstić information content (AvgIpc) is 2.55. The number of hydrogen-bond acceptors (Lipinski definition) is 5. The number of primary amides is 1. The number of nitrogens with two attached hydrogens (primary N) is 1. The van der Waals surface area contributed by atoms with Gasteiger partial charge in [-0.25, -0.2) is 4.79 Å². The van der Waals surface area contributed by atoms with Crippen molar-refractivity contribution in [3.63, 3.8) is 0 Å². The molecule has 0 radical (unpaired) electrons. The van der Waals surface area contributed by atoms with Gasteiger partial charge in [0.1, 0.15) is 6.04 Å². The van der Waals surface area contributed by atoms with Crippen LogP contribution in [0.3, 0.4) is 0 Å². The Hall–Kier alpha value is -2.67. The lowest BCUT2D eigenvalue weighted by atomic mass is 10.1. The third kappa shape index (κ3) is 6.21. The van der Waals surface area contributed by atoms with E-state index in [1.807, 2.05) is 6.07 Å². The molecule has 2 amide bonds. The van der Waals surface area contributed by atoms with E-state index in [4.69, 9.17) is 15.2 Å². The number of rotatable bonds is 9. The molecule has 0 spiro atoms. The van der Waals surface area contributed by atoms with Gasteiger partial charge in [0.2, 0.25) is 5.91 Å². The number of benzene rings is 1. The van der Waals surface area contributed by atoms with Gasteiger partial charge in [0.25, 0.3) is 5.91 Å². The molecule has 1 aromatic carbocycles. The van der Waals surface area contributed by atoms with Crippen LogP contribution in [0.5, 0.6) is 0 Å². The zero-order valence-corrected chi connectivity index (χ0v) is 13.7. The molecular weight excluding hydrogens is 312 g/mol. The van der Waals surface area contributed by atoms with Crippen molar-refractivity contribution >= 4 is 17.8 Å². The summed E-state index contributed by atoms with van der Waals surface area (Å²) in [4.78, 5) is 35.1. The minimum atomic E-state index is -0.954. The van der Waals surface area contributed by atoms with Crippen LogP contribution in [0, 0.1) is 0 Å². The zero-order valence-electron chi connectivity index (χ0n) is 13.7. The van der Waals surface area contributed by atoms with Crippen LogP contribution in [0.1, 0.15) is 25.0 Å². The number of carbonyl (C=O) groups is 3. The zero-order chi connectivity index (χ0) is 17.9. The molecule has 0 fully saturated rings. The average molecular weight is 334 g/mol. The van der Waals surface area contributed by atoms with E-state index in [1.165, 1.54) is 19.3 Å². The second-order valence-corrected chi connectivity index (χ2v) is 4.88. The van der Waals surface area contributed by atoms with E-state index < -0.39 is 29.9 Å². The number of esters is 1. The standard InChI is InChI=1S/C17H22N2O5/c1-3-24-14(20)11-7-10-13(16(18)21)19-17(22)15(23-2)12-8-5-4-6-9-12/h4-9,11,13,15H,3,10H2,1-2H3,(H2,18,21)(H,19,22)/b11-7+/t13-,15-/m1/s1. The summed E-state index contributed by atoms with van der Waals surface area (Å²) >= 11 is 0. The predicted octanol–water partition coefficient (Wildman–Crippen LogP) is 0.854. The molecule has 0 saturated carbocycles. The van der Waals surface area contributed by atoms with Gasteiger partial charge in [-0.1, -0.05) is 36.4 Å². The largest absolute Gasteiger partial charge is 0.463 e. The van der Waals surface area contributed by atoms with Crippen LogP contribution in [0.4, 0.5) is 0 Å². The molecule has 2 atom stereocenters. The maximum Gasteiger partial charge on any atom is 0.330 e. The highest BCUT2D eigenvalue weighted by atomic mass is 16.5. The van der Waals surface area contributed by atoms with Crippen LogP contribution >= 0.6 is 0 Å². The van der Waals surface area contributed by atoms with Gasteiger partial charge >= 0.3 is 5.97 Å². The van der Waals surface area contributed by atoms with Gasteiger partial charge in [-0.05, 0) is 18.9 Å². The summed E-state index contributed by atoms with van der Waals surface area (Å²) in [6.07, 6.45) is 1.84. The van der Waals surface area contributed by atoms with Crippen LogP contribution in [-0.2, 0) is 23.9 Å². The Morgan fingerprint density at radius 3 is 2.46 bits per heavy atom. The van der Waals surface area contributed by atoms with E-state index in [-0.39, 0.29) is 13.0 Å². The topological polar surface area (TPSA) is 108 Å². The lowest BCUT2D eigenvalue weighted by Crippen LogP contribution is -2.46. The molecule has 24 heavy (non-hydrogen) atoms. The number of nitrogens with one attached hydrogen (secondary N) is 1. The van der Waals surface area contributed by atoms with Crippen molar-refractivity contribution in [3.05, 3.63) is 48.0 Å². The SMILES string of the molecule is CCOC(=O)/C=C/C[C@@H](NC(=O)[C@H](OC)c1ccccc1)C(N)=O. The highest BCUT2D eigenvalue weighted by Gasteiger charge is 2.24. The maximum atomic E-state index is 12.3. The Labute approximate surface area is 140 Å². The van der Waals surface area contributed by atoms with Crippen molar-refractivity contribution in [1.82, 2.24) is 5.32 Å². The second kappa shape index (κ2) is 10.2. The van der Waals surface area contributed by atoms with Crippen LogP contribution < -0.4 is 11.1 Å². The normalized spacial score (nSPS) is 13.2. The minimum Gasteiger partial charge on any atom is -0.463 e. The molecule has 1 aromatic rings. The van der Waals surface area contributed by atoms with E-state index in [0.29, 0.717) is 5.56 Å². The molecule has 1 rings (SSSR count). The van der Waals surface area contributed by atoms with Crippen molar-refractivity contribution < 1.29 is 23.9 Å². The molecule has 3 N–H and O–H groups in total. The van der Waals surface area contributed by atoms with E-state index in [1.54, 1.807) is 31.2 Å². The fourth-order valence-electron chi connectivity index (χ4n) is 2.01. The summed E-state index contributed by atoms with van der Waals surface area (Å²) in [6, 6.07) is 7.91. The lowest BCUT2D eigenvalue weighted by Gasteiger charge is -2.19. The fourth-order valence-corrected chi connectivity index (χ4v) is 2.01. The van der Waals surface area contributed by atoms with Gasteiger partial charge < -0.3 is 20.5 Å². The monoisotopic (exact) mass is 334 g/mol. The molecule has 0 aliphatic rings. The summed E-state index contributed by atoms with van der Waals surface area (Å²) in [5.74, 6) is -1.72. The Balaban J connectivity index is 2.71. The Morgan fingerprint density at radius 1 is 1.25 bits per heavy atom. The first-order valence-electron chi connectivity index (χ1n) is 7.50. The van der Waals surface area contributed by atoms with Gasteiger partial charge in [-0.2, -0.15) is 0 Å². The molecule has 130 valence electrons. The lowest BCUT2D eigenvalue weighted by molar-refractivity contribution is -0.137. The van der Waals surface area contributed by atoms with E-state index in [0.717, 1.165) is 0 Å². The maximum absolute atomic E-state index is 12.3. The third-order valence-electron chi connectivity index (χ3n) is 3.15. The smallest absolute Gasteiger partial charge is 0.330 e. The van der Waals surface area contributed by atoms with Gasteiger partial charge in [-0.3, -0.25) is 9.59 Å². The number of amides is 2. The Morgan fingerprint density at radius 2 is 1.92 bits per heavy atom. The van der Waals surface area contributed by atoms with Crippen molar-refractivity contribution in [3.8, 4) is 0 Å². The van der Waals surface area contributed by atoms with E-state index in [2.05, 4.69) is 5.32 Å². The summed E-state index contributed by atoms with van der Waals surface area (Å²) < 4.78 is 9.93. The molecule has 0 aliphatic heterocycles. The molecular formula is C17H22N2O5. The highest BCUT2D eigenvalue weighted by Crippen LogP contribution is 2.16. The van der Waals surface area contributed by atoms with E-state index in [9.17, 15) is 14.4 Å². The van der Waals surface area contributed by atoms with Crippen LogP contribution in [-0.4, -0.2) is 37.5 Å². The first-order valence-corrected chi connectivity index (χ1v) is 7.50. The number of ether oxygens (including phenoxy) is 2. The van der Waals surface area contributed by atoms with Crippen molar-refractivity contribution in [1.29, 1.82) is 0 Å². The first kappa shape index (κ1) is 19.4. The second-order valence-electron chi connectivity index (χ2n) is 4.88. The molecule has 0 saturated heterocycles. The molecule has 7 heteroatoms. The van der Waals surface area contributed by atoms with Gasteiger partial charge in [0.15, 0.2) is 6.10 Å². The molecule has 7 nitrogen and oxygen atoms in total. The molecule has 0 aromatic heterocycles. The highest BCUT2D eigenvalue weighted by molar-refractivity contribution is 5.89. The van der Waals surface area contributed by atoms with Crippen LogP contribution in [0.15, 0.2) is 42.5 Å². The first-order chi connectivity index (χ1) is 11.5. The summed E-state index contributed by atoms with van der Waals surface area (Å²) in [7, 11) is 1.40. The molecule has 0 bridgehead atoms. The molecule has 0 heterocycles. The number of methoxy groups -OCH3 is 1. The Kier molecular flexibility index (Phi) is 8.21. The molecule has 0 unspecified atom stereocenters. The fraction of sp³-hybridized carbons (Fsp3) is 0.353. The number of carbonyl (C=O) groups excluding carboxylic acids is 3. The van der Waals surface area contributed by atoms with E-state index >= 15 is 0 Å². The van der Waals surface area contributed by atoms with Crippen molar-refractivity contribution in [2.24, 2.45) is 5.73 Å². The third-order valence-corrected chi connectivity index (χ3v) is 3.15. The predicted molar refractivity (Wildman–Crippen MR) is 87.7 cm³/mol. The van der Waals surface area contributed by atoms with Gasteiger partial charge in [-0.15, -0.1) is 0 Å². The number of hydrogen-bond donors (Lipinski definition) is 2. The van der Waals surface area contributed by atoms with Crippen molar-refractivity contribution in [2.75, 3.05) is 13.7 Å². The van der Waals surface area contributed by atoms with Crippen molar-refractivity contribution in [2.45, 2.75) is 25.5 Å². The van der Waals surface area contributed by atoms with Gasteiger partial charge in [0.05, 0.1) is 6.61 Å². The minimum absolute atomic E-state index is 0.0745. The summed E-state index contributed by atoms with van der Waals surface area (Å²) in [6.45, 7) is 1.94. The Bertz CT molecular complexity index is 586. The summed E-state index contributed by atoms with van der Waals surface area (Å²) in [5, 5.41) is 2.53. The molecule has 0 aliphatic carbocycles. The summed E-state index contributed by atoms with van der Waals surface area (Å²) in [5.41, 5.74) is 5.95.